The zero-order valence-electron chi connectivity index (χ0n) is 10.4. The Balaban J connectivity index is 1.90. The Bertz CT molecular complexity index is 304. The van der Waals surface area contributed by atoms with Crippen LogP contribution in [-0.2, 0) is 0 Å². The molecule has 0 spiro atoms. The van der Waals surface area contributed by atoms with Gasteiger partial charge in [-0.25, -0.2) is 0 Å². The highest BCUT2D eigenvalue weighted by Gasteiger charge is 2.23. The average molecular weight is 217 g/mol. The summed E-state index contributed by atoms with van der Waals surface area (Å²) in [5, 5.41) is 3.67. The fourth-order valence-electron chi connectivity index (χ4n) is 2.73. The van der Waals surface area contributed by atoms with E-state index in [1.807, 2.05) is 0 Å². The standard InChI is InChI=1S/C15H23N/c1-12(2)13-7-6-10-15(11-13)16-14-8-4-3-5-9-14/h3-5,8-9,12-13,15-16H,6-7,10-11H2,1-2H3. The van der Waals surface area contributed by atoms with Crippen LogP contribution in [0, 0.1) is 11.8 Å². The molecule has 0 heterocycles. The van der Waals surface area contributed by atoms with E-state index in [0.717, 1.165) is 11.8 Å². The Morgan fingerprint density at radius 2 is 1.88 bits per heavy atom. The van der Waals surface area contributed by atoms with Crippen LogP contribution in [0.3, 0.4) is 0 Å². The minimum atomic E-state index is 0.684. The lowest BCUT2D eigenvalue weighted by molar-refractivity contribution is 0.264. The van der Waals surface area contributed by atoms with Gasteiger partial charge in [0.25, 0.3) is 0 Å². The number of anilines is 1. The lowest BCUT2D eigenvalue weighted by Crippen LogP contribution is -2.29. The Kier molecular flexibility index (Phi) is 3.87. The Morgan fingerprint density at radius 1 is 1.12 bits per heavy atom. The molecule has 1 heteroatoms. The van der Waals surface area contributed by atoms with E-state index in [-0.39, 0.29) is 0 Å². The molecule has 0 aliphatic heterocycles. The average Bonchev–Trinajstić information content (AvgIpc) is 2.30. The van der Waals surface area contributed by atoms with Gasteiger partial charge in [-0.3, -0.25) is 0 Å². The summed E-state index contributed by atoms with van der Waals surface area (Å²) < 4.78 is 0. The van der Waals surface area contributed by atoms with E-state index in [0.29, 0.717) is 6.04 Å². The van der Waals surface area contributed by atoms with Crippen LogP contribution >= 0.6 is 0 Å². The van der Waals surface area contributed by atoms with Crippen LogP contribution in [0.15, 0.2) is 30.3 Å². The summed E-state index contributed by atoms with van der Waals surface area (Å²) in [4.78, 5) is 0. The Hall–Kier alpha value is -0.980. The van der Waals surface area contributed by atoms with Crippen molar-refractivity contribution in [2.24, 2.45) is 11.8 Å². The van der Waals surface area contributed by atoms with Gasteiger partial charge in [-0.1, -0.05) is 44.9 Å². The summed E-state index contributed by atoms with van der Waals surface area (Å²) >= 11 is 0. The predicted molar refractivity (Wildman–Crippen MR) is 70.6 cm³/mol. The van der Waals surface area contributed by atoms with Crippen LogP contribution in [0.2, 0.25) is 0 Å². The van der Waals surface area contributed by atoms with E-state index in [4.69, 9.17) is 0 Å². The van der Waals surface area contributed by atoms with Gasteiger partial charge in [0.05, 0.1) is 0 Å². The lowest BCUT2D eigenvalue weighted by Gasteiger charge is -2.32. The summed E-state index contributed by atoms with van der Waals surface area (Å²) in [5.74, 6) is 1.75. The zero-order valence-corrected chi connectivity index (χ0v) is 10.4. The maximum atomic E-state index is 3.67. The first-order valence-electron chi connectivity index (χ1n) is 6.57. The highest BCUT2D eigenvalue weighted by atomic mass is 14.9. The van der Waals surface area contributed by atoms with E-state index < -0.39 is 0 Å². The van der Waals surface area contributed by atoms with Crippen LogP contribution in [0.1, 0.15) is 39.5 Å². The smallest absolute Gasteiger partial charge is 0.0342 e. The van der Waals surface area contributed by atoms with Gasteiger partial charge in [-0.15, -0.1) is 0 Å². The quantitative estimate of drug-likeness (QED) is 0.795. The maximum Gasteiger partial charge on any atom is 0.0342 e. The van der Waals surface area contributed by atoms with Crippen molar-refractivity contribution in [2.45, 2.75) is 45.6 Å². The summed E-state index contributed by atoms with van der Waals surface area (Å²) in [5.41, 5.74) is 1.27. The van der Waals surface area contributed by atoms with Crippen molar-refractivity contribution < 1.29 is 0 Å². The number of benzene rings is 1. The van der Waals surface area contributed by atoms with Gasteiger partial charge in [-0.2, -0.15) is 0 Å². The molecule has 1 nitrogen and oxygen atoms in total. The molecule has 1 aliphatic rings. The SMILES string of the molecule is CC(C)C1CCCC(Nc2ccccc2)C1. The predicted octanol–water partition coefficient (Wildman–Crippen LogP) is 4.31. The van der Waals surface area contributed by atoms with Crippen LogP contribution in [0.25, 0.3) is 0 Å². The molecule has 2 atom stereocenters. The van der Waals surface area contributed by atoms with Crippen molar-refractivity contribution in [3.05, 3.63) is 30.3 Å². The van der Waals surface area contributed by atoms with Crippen LogP contribution in [0.5, 0.6) is 0 Å². The summed E-state index contributed by atoms with van der Waals surface area (Å²) in [6, 6.07) is 11.3. The second-order valence-corrected chi connectivity index (χ2v) is 5.38. The van der Waals surface area contributed by atoms with Gasteiger partial charge >= 0.3 is 0 Å². The van der Waals surface area contributed by atoms with Crippen molar-refractivity contribution in [2.75, 3.05) is 5.32 Å². The van der Waals surface area contributed by atoms with Crippen LogP contribution in [-0.4, -0.2) is 6.04 Å². The second-order valence-electron chi connectivity index (χ2n) is 5.38. The lowest BCUT2D eigenvalue weighted by atomic mass is 9.79. The fraction of sp³-hybridized carbons (Fsp3) is 0.600. The van der Waals surface area contributed by atoms with Gasteiger partial charge in [0.15, 0.2) is 0 Å². The molecule has 1 N–H and O–H groups in total. The van der Waals surface area contributed by atoms with E-state index >= 15 is 0 Å². The first-order chi connectivity index (χ1) is 7.75. The van der Waals surface area contributed by atoms with Crippen molar-refractivity contribution in [3.63, 3.8) is 0 Å². The maximum absolute atomic E-state index is 3.67. The Labute approximate surface area is 99.3 Å². The first kappa shape index (κ1) is 11.5. The molecule has 88 valence electrons. The fourth-order valence-corrected chi connectivity index (χ4v) is 2.73. The molecular formula is C15H23N. The van der Waals surface area contributed by atoms with Crippen molar-refractivity contribution in [3.8, 4) is 0 Å². The first-order valence-corrected chi connectivity index (χ1v) is 6.57. The van der Waals surface area contributed by atoms with E-state index in [1.54, 1.807) is 0 Å². The number of hydrogen-bond donors (Lipinski definition) is 1. The number of hydrogen-bond acceptors (Lipinski definition) is 1. The number of para-hydroxylation sites is 1. The third-order valence-electron chi connectivity index (χ3n) is 3.80. The summed E-state index contributed by atoms with van der Waals surface area (Å²) in [6.45, 7) is 4.71. The molecule has 1 aliphatic carbocycles. The van der Waals surface area contributed by atoms with E-state index in [9.17, 15) is 0 Å². The second kappa shape index (κ2) is 5.38. The topological polar surface area (TPSA) is 12.0 Å². The molecule has 16 heavy (non-hydrogen) atoms. The van der Waals surface area contributed by atoms with Crippen molar-refractivity contribution in [1.82, 2.24) is 0 Å². The molecule has 0 bridgehead atoms. The molecule has 2 rings (SSSR count). The molecule has 0 radical (unpaired) electrons. The highest BCUT2D eigenvalue weighted by Crippen LogP contribution is 2.31. The third kappa shape index (κ3) is 3.01. The Morgan fingerprint density at radius 3 is 2.56 bits per heavy atom. The van der Waals surface area contributed by atoms with Gasteiger partial charge < -0.3 is 5.32 Å². The third-order valence-corrected chi connectivity index (χ3v) is 3.80. The number of rotatable bonds is 3. The van der Waals surface area contributed by atoms with Crippen LogP contribution < -0.4 is 5.32 Å². The van der Waals surface area contributed by atoms with Gasteiger partial charge in [0.1, 0.15) is 0 Å². The molecule has 0 saturated heterocycles. The number of nitrogens with one attached hydrogen (secondary N) is 1. The zero-order chi connectivity index (χ0) is 11.4. The molecule has 1 aromatic carbocycles. The minimum Gasteiger partial charge on any atom is -0.382 e. The molecule has 0 aromatic heterocycles. The van der Waals surface area contributed by atoms with Gasteiger partial charge in [-0.05, 0) is 36.8 Å². The van der Waals surface area contributed by atoms with Gasteiger partial charge in [0.2, 0.25) is 0 Å². The molecule has 1 aromatic rings. The largest absolute Gasteiger partial charge is 0.382 e. The molecule has 0 amide bonds. The minimum absolute atomic E-state index is 0.684. The van der Waals surface area contributed by atoms with Crippen molar-refractivity contribution in [1.29, 1.82) is 0 Å². The van der Waals surface area contributed by atoms with Gasteiger partial charge in [0, 0.05) is 11.7 Å². The summed E-state index contributed by atoms with van der Waals surface area (Å²) in [6.07, 6.45) is 5.47. The van der Waals surface area contributed by atoms with Crippen molar-refractivity contribution >= 4 is 5.69 Å². The molecule has 2 unspecified atom stereocenters. The summed E-state index contributed by atoms with van der Waals surface area (Å²) in [7, 11) is 0. The molecular weight excluding hydrogens is 194 g/mol. The normalized spacial score (nSPS) is 25.7. The van der Waals surface area contributed by atoms with E-state index in [2.05, 4.69) is 49.5 Å². The van der Waals surface area contributed by atoms with E-state index in [1.165, 1.54) is 31.4 Å². The molecule has 1 saturated carbocycles. The highest BCUT2D eigenvalue weighted by molar-refractivity contribution is 5.43. The van der Waals surface area contributed by atoms with Crippen LogP contribution in [0.4, 0.5) is 5.69 Å². The molecule has 1 fully saturated rings. The monoisotopic (exact) mass is 217 g/mol.